The summed E-state index contributed by atoms with van der Waals surface area (Å²) in [5.74, 6) is 2.29. The summed E-state index contributed by atoms with van der Waals surface area (Å²) in [4.78, 5) is 15.8. The van der Waals surface area contributed by atoms with E-state index in [4.69, 9.17) is 4.74 Å². The van der Waals surface area contributed by atoms with Crippen LogP contribution in [-0.4, -0.2) is 42.4 Å². The average Bonchev–Trinajstić information content (AvgIpc) is 2.96. The van der Waals surface area contributed by atoms with Crippen LogP contribution < -0.4 is 15.0 Å². The number of nitrogens with one attached hydrogen (secondary N) is 1. The van der Waals surface area contributed by atoms with Crippen molar-refractivity contribution in [1.29, 1.82) is 5.26 Å². The SMILES string of the molecule is Cc1cc(OC2C(C)(C)C(NC(=O)c3ccc(N4CCC(CC5CCC(O)CC5)CC4)cc3)C2(C)C)ccc1C#N. The first-order valence-corrected chi connectivity index (χ1v) is 15.5. The average molecular weight is 558 g/mol. The Morgan fingerprint density at radius 2 is 1.59 bits per heavy atom. The van der Waals surface area contributed by atoms with Crippen LogP contribution in [0.25, 0.3) is 0 Å². The van der Waals surface area contributed by atoms with Crippen LogP contribution in [0, 0.1) is 40.9 Å². The smallest absolute Gasteiger partial charge is 0.251 e. The molecule has 1 aliphatic heterocycles. The molecule has 3 fully saturated rings. The number of rotatable bonds is 7. The van der Waals surface area contributed by atoms with Crippen molar-refractivity contribution in [3.05, 3.63) is 59.2 Å². The molecule has 2 saturated carbocycles. The Hall–Kier alpha value is -3.04. The molecule has 1 amide bonds. The van der Waals surface area contributed by atoms with E-state index in [1.165, 1.54) is 37.8 Å². The lowest BCUT2D eigenvalue weighted by atomic mass is 9.49. The topological polar surface area (TPSA) is 85.6 Å². The van der Waals surface area contributed by atoms with E-state index in [1.54, 1.807) is 6.07 Å². The van der Waals surface area contributed by atoms with Crippen LogP contribution in [-0.2, 0) is 0 Å². The molecule has 41 heavy (non-hydrogen) atoms. The molecule has 0 radical (unpaired) electrons. The largest absolute Gasteiger partial charge is 0.489 e. The molecule has 220 valence electrons. The van der Waals surface area contributed by atoms with E-state index in [2.05, 4.69) is 56.1 Å². The molecule has 6 nitrogen and oxygen atoms in total. The number of ether oxygens (including phenoxy) is 1. The quantitative estimate of drug-likeness (QED) is 0.399. The van der Waals surface area contributed by atoms with Crippen molar-refractivity contribution in [1.82, 2.24) is 5.32 Å². The molecule has 1 heterocycles. The van der Waals surface area contributed by atoms with Gasteiger partial charge in [-0.15, -0.1) is 0 Å². The fraction of sp³-hybridized carbons (Fsp3) is 0.600. The number of hydrogen-bond donors (Lipinski definition) is 2. The number of carbonyl (C=O) groups excluding carboxylic acids is 1. The Bertz CT molecular complexity index is 1250. The molecule has 1 saturated heterocycles. The Morgan fingerprint density at radius 3 is 2.17 bits per heavy atom. The van der Waals surface area contributed by atoms with Gasteiger partial charge in [-0.25, -0.2) is 0 Å². The molecule has 0 aromatic heterocycles. The molecule has 2 aromatic carbocycles. The molecule has 0 bridgehead atoms. The number of aliphatic hydroxyl groups excluding tert-OH is 1. The molecular formula is C35H47N3O3. The van der Waals surface area contributed by atoms with Crippen molar-refractivity contribution in [2.45, 2.75) is 97.8 Å². The Morgan fingerprint density at radius 1 is 0.976 bits per heavy atom. The molecule has 5 rings (SSSR count). The number of carbonyl (C=O) groups is 1. The minimum Gasteiger partial charge on any atom is -0.489 e. The third-order valence-corrected chi connectivity index (χ3v) is 10.3. The third-order valence-electron chi connectivity index (χ3n) is 10.3. The van der Waals surface area contributed by atoms with Crippen molar-refractivity contribution >= 4 is 11.6 Å². The lowest BCUT2D eigenvalue weighted by Crippen LogP contribution is -2.74. The summed E-state index contributed by atoms with van der Waals surface area (Å²) in [5.41, 5.74) is 2.91. The number of benzene rings is 2. The van der Waals surface area contributed by atoms with Crippen LogP contribution in [0.5, 0.6) is 5.75 Å². The van der Waals surface area contributed by atoms with Crippen LogP contribution in [0.2, 0.25) is 0 Å². The summed E-state index contributed by atoms with van der Waals surface area (Å²) in [6, 6.07) is 15.8. The monoisotopic (exact) mass is 557 g/mol. The second-order valence-electron chi connectivity index (χ2n) is 14.0. The number of anilines is 1. The van der Waals surface area contributed by atoms with E-state index < -0.39 is 0 Å². The highest BCUT2D eigenvalue weighted by molar-refractivity contribution is 5.95. The fourth-order valence-electron chi connectivity index (χ4n) is 8.09. The maximum absolute atomic E-state index is 13.3. The first-order chi connectivity index (χ1) is 19.5. The predicted octanol–water partition coefficient (Wildman–Crippen LogP) is 6.64. The van der Waals surface area contributed by atoms with Gasteiger partial charge in [0.25, 0.3) is 5.91 Å². The van der Waals surface area contributed by atoms with Gasteiger partial charge in [0.05, 0.1) is 17.7 Å². The van der Waals surface area contributed by atoms with E-state index in [-0.39, 0.29) is 35.0 Å². The lowest BCUT2D eigenvalue weighted by Gasteiger charge is -2.63. The van der Waals surface area contributed by atoms with Gasteiger partial charge in [-0.2, -0.15) is 5.26 Å². The van der Waals surface area contributed by atoms with Gasteiger partial charge in [-0.3, -0.25) is 4.79 Å². The fourth-order valence-corrected chi connectivity index (χ4v) is 8.09. The van der Waals surface area contributed by atoms with Gasteiger partial charge in [-0.05, 0) is 112 Å². The first kappa shape index (κ1) is 29.5. The summed E-state index contributed by atoms with van der Waals surface area (Å²) < 4.78 is 6.44. The van der Waals surface area contributed by atoms with Crippen molar-refractivity contribution in [3.8, 4) is 11.8 Å². The molecule has 3 aliphatic rings. The standard InChI is InChI=1S/C35H47N3O3/c1-23-20-30(15-10-27(23)22-36)41-33-34(2,3)32(35(33,4)5)37-31(40)26-8-11-28(12-9-26)38-18-16-25(17-19-38)21-24-6-13-29(39)14-7-24/h8-12,15,20,24-25,29,32-33,39H,6-7,13-14,16-19,21H2,1-5H3,(H,37,40). The third kappa shape index (κ3) is 6.11. The zero-order chi connectivity index (χ0) is 29.4. The van der Waals surface area contributed by atoms with Gasteiger partial charge in [-0.1, -0.05) is 27.7 Å². The van der Waals surface area contributed by atoms with Gasteiger partial charge in [0.1, 0.15) is 11.9 Å². The minimum atomic E-state index is -0.261. The number of nitriles is 1. The van der Waals surface area contributed by atoms with Gasteiger partial charge in [0.2, 0.25) is 0 Å². The van der Waals surface area contributed by atoms with Gasteiger partial charge < -0.3 is 20.1 Å². The van der Waals surface area contributed by atoms with Gasteiger partial charge in [0, 0.05) is 41.2 Å². The first-order valence-electron chi connectivity index (χ1n) is 15.5. The molecule has 6 heteroatoms. The number of piperidine rings is 1. The summed E-state index contributed by atoms with van der Waals surface area (Å²) in [6.07, 6.45) is 7.93. The molecule has 0 unspecified atom stereocenters. The Labute approximate surface area is 246 Å². The number of hydrogen-bond acceptors (Lipinski definition) is 5. The second kappa shape index (κ2) is 11.7. The predicted molar refractivity (Wildman–Crippen MR) is 163 cm³/mol. The van der Waals surface area contributed by atoms with E-state index in [0.717, 1.165) is 49.1 Å². The van der Waals surface area contributed by atoms with E-state index >= 15 is 0 Å². The van der Waals surface area contributed by atoms with Crippen LogP contribution in [0.3, 0.4) is 0 Å². The van der Waals surface area contributed by atoms with Gasteiger partial charge >= 0.3 is 0 Å². The van der Waals surface area contributed by atoms with Crippen LogP contribution in [0.1, 0.15) is 94.1 Å². The summed E-state index contributed by atoms with van der Waals surface area (Å²) in [7, 11) is 0. The van der Waals surface area contributed by atoms with Crippen LogP contribution in [0.15, 0.2) is 42.5 Å². The van der Waals surface area contributed by atoms with E-state index in [1.807, 2.05) is 31.2 Å². The number of amides is 1. The van der Waals surface area contributed by atoms with E-state index in [9.17, 15) is 15.2 Å². The highest BCUT2D eigenvalue weighted by Gasteiger charge is 2.64. The lowest BCUT2D eigenvalue weighted by molar-refractivity contribution is -0.164. The van der Waals surface area contributed by atoms with Crippen LogP contribution in [0.4, 0.5) is 5.69 Å². The maximum Gasteiger partial charge on any atom is 0.251 e. The van der Waals surface area contributed by atoms with E-state index in [0.29, 0.717) is 11.1 Å². The van der Waals surface area contributed by atoms with Crippen molar-refractivity contribution in [2.75, 3.05) is 18.0 Å². The Kier molecular flexibility index (Phi) is 8.39. The number of aliphatic hydroxyl groups is 1. The van der Waals surface area contributed by atoms with Crippen molar-refractivity contribution < 1.29 is 14.6 Å². The zero-order valence-electron chi connectivity index (χ0n) is 25.5. The summed E-state index contributed by atoms with van der Waals surface area (Å²) in [6.45, 7) is 12.6. The van der Waals surface area contributed by atoms with Crippen LogP contribution >= 0.6 is 0 Å². The normalized spacial score (nSPS) is 27.4. The van der Waals surface area contributed by atoms with Crippen molar-refractivity contribution in [2.24, 2.45) is 22.7 Å². The number of nitrogens with zero attached hydrogens (tertiary/aromatic N) is 2. The van der Waals surface area contributed by atoms with Crippen molar-refractivity contribution in [3.63, 3.8) is 0 Å². The Balaban J connectivity index is 1.14. The molecule has 2 aliphatic carbocycles. The second-order valence-corrected chi connectivity index (χ2v) is 14.0. The molecule has 0 atom stereocenters. The highest BCUT2D eigenvalue weighted by atomic mass is 16.5. The molecule has 0 spiro atoms. The molecule has 2 N–H and O–H groups in total. The molecule has 2 aromatic rings. The van der Waals surface area contributed by atoms with Gasteiger partial charge in [0.15, 0.2) is 0 Å². The summed E-state index contributed by atoms with van der Waals surface area (Å²) in [5, 5.41) is 22.3. The number of aryl methyl sites for hydroxylation is 1. The zero-order valence-corrected chi connectivity index (χ0v) is 25.5. The highest BCUT2D eigenvalue weighted by Crippen LogP contribution is 2.55. The maximum atomic E-state index is 13.3. The summed E-state index contributed by atoms with van der Waals surface area (Å²) >= 11 is 0. The molecular weight excluding hydrogens is 510 g/mol. The minimum absolute atomic E-state index is 0.0434.